The Hall–Kier alpha value is -1.24. The van der Waals surface area contributed by atoms with Crippen LogP contribution in [0.3, 0.4) is 0 Å². The topological polar surface area (TPSA) is 4.93 Å². The second-order valence-electron chi connectivity index (χ2n) is 6.61. The molecule has 0 N–H and O–H groups in total. The number of para-hydroxylation sites is 1. The lowest BCUT2D eigenvalue weighted by Crippen LogP contribution is -2.17. The van der Waals surface area contributed by atoms with E-state index in [2.05, 4.69) is 42.0 Å². The summed E-state index contributed by atoms with van der Waals surface area (Å²) in [6.07, 6.45) is 9.46. The van der Waals surface area contributed by atoms with Crippen molar-refractivity contribution in [3.05, 3.63) is 36.0 Å². The van der Waals surface area contributed by atoms with E-state index in [0.29, 0.717) is 0 Å². The summed E-state index contributed by atoms with van der Waals surface area (Å²) in [4.78, 5) is 0. The minimum Gasteiger partial charge on any atom is -0.347 e. The smallest absolute Gasteiger partial charge is 0.0512 e. The molecule has 0 aliphatic heterocycles. The van der Waals surface area contributed by atoms with E-state index in [1.165, 1.54) is 48.7 Å². The third kappa shape index (κ3) is 1.82. The van der Waals surface area contributed by atoms with Crippen LogP contribution >= 0.6 is 0 Å². The van der Waals surface area contributed by atoms with E-state index in [9.17, 15) is 0 Å². The number of nitrogens with zero attached hydrogens (tertiary/aromatic N) is 1. The van der Waals surface area contributed by atoms with Crippen molar-refractivity contribution in [1.82, 2.24) is 4.57 Å². The van der Waals surface area contributed by atoms with Gasteiger partial charge in [-0.3, -0.25) is 0 Å². The molecule has 2 aliphatic rings. The van der Waals surface area contributed by atoms with Crippen molar-refractivity contribution >= 4 is 10.9 Å². The average Bonchev–Trinajstić information content (AvgIpc) is 3.14. The number of aryl methyl sites for hydroxylation is 1. The summed E-state index contributed by atoms with van der Waals surface area (Å²) in [6.45, 7) is 3.52. The fourth-order valence-corrected chi connectivity index (χ4v) is 4.63. The normalized spacial score (nSPS) is 29.4. The van der Waals surface area contributed by atoms with Crippen molar-refractivity contribution < 1.29 is 0 Å². The minimum absolute atomic E-state index is 0.944. The second-order valence-corrected chi connectivity index (χ2v) is 6.61. The Morgan fingerprint density at radius 1 is 1.16 bits per heavy atom. The summed E-state index contributed by atoms with van der Waals surface area (Å²) >= 11 is 0. The van der Waals surface area contributed by atoms with Crippen LogP contribution in [0.25, 0.3) is 10.9 Å². The molecular formula is C18H23N. The molecular weight excluding hydrogens is 230 g/mol. The Kier molecular flexibility index (Phi) is 2.68. The molecule has 2 bridgehead atoms. The molecule has 0 spiro atoms. The third-order valence-corrected chi connectivity index (χ3v) is 5.57. The Morgan fingerprint density at radius 3 is 2.84 bits per heavy atom. The molecule has 1 heteroatoms. The fourth-order valence-electron chi connectivity index (χ4n) is 4.63. The number of fused-ring (bicyclic) bond motifs is 3. The van der Waals surface area contributed by atoms with E-state index >= 15 is 0 Å². The van der Waals surface area contributed by atoms with Gasteiger partial charge < -0.3 is 4.57 Å². The van der Waals surface area contributed by atoms with Crippen LogP contribution in [0.4, 0.5) is 0 Å². The van der Waals surface area contributed by atoms with Crippen LogP contribution in [-0.2, 0) is 13.0 Å². The monoisotopic (exact) mass is 253 g/mol. The van der Waals surface area contributed by atoms with Gasteiger partial charge in [-0.1, -0.05) is 31.5 Å². The lowest BCUT2D eigenvalue weighted by Gasteiger charge is -2.23. The summed E-state index contributed by atoms with van der Waals surface area (Å²) in [6, 6.07) is 9.04. The van der Waals surface area contributed by atoms with Crippen LogP contribution in [-0.4, -0.2) is 4.57 Å². The van der Waals surface area contributed by atoms with E-state index in [1.807, 2.05) is 0 Å². The Labute approximate surface area is 115 Å². The largest absolute Gasteiger partial charge is 0.347 e. The first-order valence-electron chi connectivity index (χ1n) is 7.92. The van der Waals surface area contributed by atoms with Gasteiger partial charge in [-0.15, -0.1) is 0 Å². The SMILES string of the molecule is CCc1cccc2ccn(CC3CC4CCC3C4)c12. The molecule has 0 radical (unpaired) electrons. The van der Waals surface area contributed by atoms with Gasteiger partial charge in [0, 0.05) is 12.7 Å². The Bertz CT molecular complexity index is 595. The molecule has 3 atom stereocenters. The first-order valence-corrected chi connectivity index (χ1v) is 7.92. The van der Waals surface area contributed by atoms with Gasteiger partial charge in [0.1, 0.15) is 0 Å². The molecule has 4 rings (SSSR count). The molecule has 19 heavy (non-hydrogen) atoms. The quantitative estimate of drug-likeness (QED) is 0.751. The number of benzene rings is 1. The summed E-state index contributed by atoms with van der Waals surface area (Å²) in [7, 11) is 0. The van der Waals surface area contributed by atoms with Crippen LogP contribution in [0, 0.1) is 17.8 Å². The molecule has 0 amide bonds. The maximum atomic E-state index is 2.54. The maximum absolute atomic E-state index is 2.54. The van der Waals surface area contributed by atoms with E-state index < -0.39 is 0 Å². The highest BCUT2D eigenvalue weighted by Crippen LogP contribution is 2.49. The average molecular weight is 253 g/mol. The molecule has 1 aromatic carbocycles. The second kappa shape index (κ2) is 4.40. The summed E-state index contributed by atoms with van der Waals surface area (Å²) in [5.41, 5.74) is 3.00. The minimum atomic E-state index is 0.944. The van der Waals surface area contributed by atoms with Gasteiger partial charge in [-0.05, 0) is 60.5 Å². The molecule has 2 saturated carbocycles. The third-order valence-electron chi connectivity index (χ3n) is 5.57. The van der Waals surface area contributed by atoms with Crippen LogP contribution in [0.2, 0.25) is 0 Å². The zero-order valence-corrected chi connectivity index (χ0v) is 11.8. The van der Waals surface area contributed by atoms with Crippen molar-refractivity contribution in [3.8, 4) is 0 Å². The molecule has 2 fully saturated rings. The molecule has 1 heterocycles. The summed E-state index contributed by atoms with van der Waals surface area (Å²) in [5.74, 6) is 3.03. The molecule has 0 saturated heterocycles. The molecule has 1 aromatic heterocycles. The first-order chi connectivity index (χ1) is 9.35. The van der Waals surface area contributed by atoms with Crippen LogP contribution in [0.5, 0.6) is 0 Å². The van der Waals surface area contributed by atoms with E-state index in [4.69, 9.17) is 0 Å². The summed E-state index contributed by atoms with van der Waals surface area (Å²) in [5, 5.41) is 1.42. The lowest BCUT2D eigenvalue weighted by atomic mass is 9.89. The van der Waals surface area contributed by atoms with Crippen LogP contribution < -0.4 is 0 Å². The zero-order chi connectivity index (χ0) is 12.8. The molecule has 1 nitrogen and oxygen atoms in total. The van der Waals surface area contributed by atoms with Crippen molar-refractivity contribution in [3.63, 3.8) is 0 Å². The molecule has 2 aliphatic carbocycles. The van der Waals surface area contributed by atoms with Crippen molar-refractivity contribution in [1.29, 1.82) is 0 Å². The Balaban J connectivity index is 1.68. The predicted octanol–water partition coefficient (Wildman–Crippen LogP) is 4.64. The van der Waals surface area contributed by atoms with Crippen LogP contribution in [0.1, 0.15) is 38.2 Å². The van der Waals surface area contributed by atoms with Gasteiger partial charge in [0.2, 0.25) is 0 Å². The van der Waals surface area contributed by atoms with E-state index in [0.717, 1.165) is 24.2 Å². The number of rotatable bonds is 3. The van der Waals surface area contributed by atoms with Gasteiger partial charge in [0.25, 0.3) is 0 Å². The lowest BCUT2D eigenvalue weighted by molar-refractivity contribution is 0.299. The van der Waals surface area contributed by atoms with Crippen LogP contribution in [0.15, 0.2) is 30.5 Å². The molecule has 3 unspecified atom stereocenters. The van der Waals surface area contributed by atoms with Gasteiger partial charge in [0.15, 0.2) is 0 Å². The number of hydrogen-bond donors (Lipinski definition) is 0. The maximum Gasteiger partial charge on any atom is 0.0512 e. The van der Waals surface area contributed by atoms with E-state index in [-0.39, 0.29) is 0 Å². The van der Waals surface area contributed by atoms with Gasteiger partial charge in [-0.25, -0.2) is 0 Å². The fraction of sp³-hybridized carbons (Fsp3) is 0.556. The summed E-state index contributed by atoms with van der Waals surface area (Å²) < 4.78 is 2.54. The highest BCUT2D eigenvalue weighted by molar-refractivity contribution is 5.83. The van der Waals surface area contributed by atoms with Gasteiger partial charge >= 0.3 is 0 Å². The van der Waals surface area contributed by atoms with Crippen molar-refractivity contribution in [2.45, 2.75) is 45.6 Å². The molecule has 2 aromatic rings. The Morgan fingerprint density at radius 2 is 2.11 bits per heavy atom. The standard InChI is InChI=1S/C18H23N/c1-2-14-4-3-5-15-8-9-19(18(14)15)12-17-11-13-6-7-16(17)10-13/h3-5,8-9,13,16-17H,2,6-7,10-12H2,1H3. The van der Waals surface area contributed by atoms with E-state index in [1.54, 1.807) is 0 Å². The van der Waals surface area contributed by atoms with Crippen molar-refractivity contribution in [2.75, 3.05) is 0 Å². The zero-order valence-electron chi connectivity index (χ0n) is 11.8. The number of hydrogen-bond acceptors (Lipinski definition) is 0. The number of aromatic nitrogens is 1. The highest BCUT2D eigenvalue weighted by Gasteiger charge is 2.39. The van der Waals surface area contributed by atoms with Crippen molar-refractivity contribution in [2.24, 2.45) is 17.8 Å². The van der Waals surface area contributed by atoms with Gasteiger partial charge in [0.05, 0.1) is 5.52 Å². The first kappa shape index (κ1) is 11.6. The highest BCUT2D eigenvalue weighted by atomic mass is 15.0. The van der Waals surface area contributed by atoms with Gasteiger partial charge in [-0.2, -0.15) is 0 Å². The predicted molar refractivity (Wildman–Crippen MR) is 80.3 cm³/mol. The molecule has 100 valence electrons.